The predicted molar refractivity (Wildman–Crippen MR) is 333 cm³/mol. The maximum absolute atomic E-state index is 2.52. The molecule has 0 aromatic heterocycles. The van der Waals surface area contributed by atoms with Crippen molar-refractivity contribution in [3.8, 4) is 89.0 Å². The van der Waals surface area contributed by atoms with Gasteiger partial charge in [0.1, 0.15) is 0 Å². The zero-order valence-corrected chi connectivity index (χ0v) is 43.0. The van der Waals surface area contributed by atoms with Crippen LogP contribution in [-0.4, -0.2) is 0 Å². The molecule has 0 amide bonds. The second kappa shape index (κ2) is 16.1. The van der Waals surface area contributed by atoms with Crippen LogP contribution in [0.2, 0.25) is 0 Å². The van der Waals surface area contributed by atoms with Gasteiger partial charge in [-0.15, -0.1) is 0 Å². The molecule has 0 spiro atoms. The SMILES string of the molecule is c1ccc2c(c1)Cc1ccc(N(c3ccc(-c4ccc(N(c5ccc6c7c(cccc57)-c5ccccc5-6)c5ccc6c7c(cccc57)-c5ccccc5-6)cc4)cc3)c3ccc4c5c(cccc35)-c3ccccc3-4)c3cccc-2c13. The summed E-state index contributed by atoms with van der Waals surface area (Å²) in [5, 5.41) is 10.3. The molecule has 4 aliphatic carbocycles. The monoisotopic (exact) mass is 998 g/mol. The van der Waals surface area contributed by atoms with E-state index in [1.165, 1.54) is 143 Å². The fourth-order valence-corrected chi connectivity index (χ4v) is 14.6. The molecule has 18 rings (SSSR count). The van der Waals surface area contributed by atoms with Gasteiger partial charge in [-0.25, -0.2) is 0 Å². The van der Waals surface area contributed by atoms with Gasteiger partial charge in [0, 0.05) is 32.9 Å². The smallest absolute Gasteiger partial charge is 0.0540 e. The Morgan fingerprint density at radius 1 is 0.190 bits per heavy atom. The number of benzene rings is 14. The van der Waals surface area contributed by atoms with Crippen molar-refractivity contribution in [2.24, 2.45) is 0 Å². The molecule has 0 atom stereocenters. The largest absolute Gasteiger partial charge is 0.309 e. The summed E-state index contributed by atoms with van der Waals surface area (Å²) < 4.78 is 0. The van der Waals surface area contributed by atoms with Gasteiger partial charge in [-0.2, -0.15) is 0 Å². The van der Waals surface area contributed by atoms with Gasteiger partial charge in [-0.1, -0.05) is 218 Å². The Morgan fingerprint density at radius 2 is 0.481 bits per heavy atom. The van der Waals surface area contributed by atoms with Crippen LogP contribution in [0.4, 0.5) is 34.1 Å². The lowest BCUT2D eigenvalue weighted by Crippen LogP contribution is -2.12. The second-order valence-corrected chi connectivity index (χ2v) is 21.8. The first-order valence-electron chi connectivity index (χ1n) is 27.6. The molecule has 0 saturated carbocycles. The maximum atomic E-state index is 2.52. The van der Waals surface area contributed by atoms with E-state index < -0.39 is 0 Å². The van der Waals surface area contributed by atoms with Crippen molar-refractivity contribution in [3.63, 3.8) is 0 Å². The summed E-state index contributed by atoms with van der Waals surface area (Å²) in [6.07, 6.45) is 0.922. The van der Waals surface area contributed by atoms with Crippen LogP contribution < -0.4 is 9.80 Å². The van der Waals surface area contributed by atoms with Crippen molar-refractivity contribution < 1.29 is 0 Å². The Bertz CT molecular complexity index is 4760. The minimum Gasteiger partial charge on any atom is -0.309 e. The number of hydrogen-bond acceptors (Lipinski definition) is 2. The van der Waals surface area contributed by atoms with E-state index in [0.29, 0.717) is 0 Å². The fraction of sp³-hybridized carbons (Fsp3) is 0.0130. The fourth-order valence-electron chi connectivity index (χ4n) is 14.6. The summed E-state index contributed by atoms with van der Waals surface area (Å²) in [5.41, 5.74) is 30.2. The third-order valence-electron chi connectivity index (χ3n) is 17.9. The molecule has 0 heterocycles. The molecule has 0 bridgehead atoms. The van der Waals surface area contributed by atoms with Crippen LogP contribution in [0.15, 0.2) is 267 Å². The van der Waals surface area contributed by atoms with Gasteiger partial charge in [0.25, 0.3) is 0 Å². The summed E-state index contributed by atoms with van der Waals surface area (Å²) in [7, 11) is 0. The van der Waals surface area contributed by atoms with Crippen LogP contribution in [0.25, 0.3) is 132 Å². The van der Waals surface area contributed by atoms with E-state index in [2.05, 4.69) is 277 Å². The highest BCUT2D eigenvalue weighted by atomic mass is 15.2. The van der Waals surface area contributed by atoms with Crippen molar-refractivity contribution in [1.29, 1.82) is 0 Å². The minimum atomic E-state index is 0.922. The molecule has 364 valence electrons. The molecular weight excluding hydrogens is 953 g/mol. The van der Waals surface area contributed by atoms with Crippen molar-refractivity contribution >= 4 is 77.2 Å². The lowest BCUT2D eigenvalue weighted by molar-refractivity contribution is 1.19. The standard InChI is InChI=1S/C77H46N2/c1-2-14-52-48(13-1)45-49-33-41-70(66-25-9-21-59(52)74(49)66)78(71-42-38-63-56-18-6-3-15-53(56)60-22-10-26-67(71)75(60)63)50-34-29-46(30-35-50)47-31-36-51(37-32-47)79(72-43-39-64-57-19-7-4-16-54(57)61-23-11-27-68(72)76(61)64)73-44-40-65-58-20-8-5-17-55(58)62-24-12-28-69(73)77(62)65/h1-44H,45H2. The minimum absolute atomic E-state index is 0.922. The van der Waals surface area contributed by atoms with Crippen LogP contribution in [0.5, 0.6) is 0 Å². The molecule has 14 aromatic rings. The zero-order chi connectivity index (χ0) is 51.4. The van der Waals surface area contributed by atoms with E-state index in [1.54, 1.807) is 0 Å². The zero-order valence-electron chi connectivity index (χ0n) is 43.0. The van der Waals surface area contributed by atoms with Gasteiger partial charge < -0.3 is 9.80 Å². The second-order valence-electron chi connectivity index (χ2n) is 21.8. The molecule has 0 saturated heterocycles. The summed E-state index contributed by atoms with van der Waals surface area (Å²) in [6.45, 7) is 0. The summed E-state index contributed by atoms with van der Waals surface area (Å²) in [6, 6.07) is 100. The third kappa shape index (κ3) is 5.95. The summed E-state index contributed by atoms with van der Waals surface area (Å²) >= 11 is 0. The molecule has 4 aliphatic rings. The van der Waals surface area contributed by atoms with Crippen LogP contribution in [0.3, 0.4) is 0 Å². The highest BCUT2D eigenvalue weighted by Crippen LogP contribution is 2.56. The van der Waals surface area contributed by atoms with Crippen LogP contribution in [0, 0.1) is 0 Å². The van der Waals surface area contributed by atoms with Gasteiger partial charge in [0.15, 0.2) is 0 Å². The summed E-state index contributed by atoms with van der Waals surface area (Å²) in [4.78, 5) is 5.03. The molecule has 2 heteroatoms. The number of fused-ring (bicyclic) bond motifs is 11. The third-order valence-corrected chi connectivity index (χ3v) is 17.9. The van der Waals surface area contributed by atoms with Crippen molar-refractivity contribution in [1.82, 2.24) is 0 Å². The normalized spacial score (nSPS) is 12.5. The molecule has 0 radical (unpaired) electrons. The number of hydrogen-bond donors (Lipinski definition) is 0. The van der Waals surface area contributed by atoms with E-state index >= 15 is 0 Å². The van der Waals surface area contributed by atoms with E-state index in [1.807, 2.05) is 0 Å². The van der Waals surface area contributed by atoms with Gasteiger partial charge in [0.05, 0.1) is 22.7 Å². The molecule has 0 unspecified atom stereocenters. The van der Waals surface area contributed by atoms with E-state index in [9.17, 15) is 0 Å². The van der Waals surface area contributed by atoms with Gasteiger partial charge in [0.2, 0.25) is 0 Å². The molecule has 2 nitrogen and oxygen atoms in total. The molecule has 14 aromatic carbocycles. The van der Waals surface area contributed by atoms with E-state index in [4.69, 9.17) is 0 Å². The Labute approximate surface area is 458 Å². The van der Waals surface area contributed by atoms with Crippen molar-refractivity contribution in [2.45, 2.75) is 6.42 Å². The average molecular weight is 999 g/mol. The number of anilines is 6. The molecule has 79 heavy (non-hydrogen) atoms. The van der Waals surface area contributed by atoms with Gasteiger partial charge in [-0.3, -0.25) is 0 Å². The predicted octanol–water partition coefficient (Wildman–Crippen LogP) is 21.4. The highest BCUT2D eigenvalue weighted by Gasteiger charge is 2.30. The Hall–Kier alpha value is -10.3. The van der Waals surface area contributed by atoms with Crippen molar-refractivity contribution in [2.75, 3.05) is 9.80 Å². The van der Waals surface area contributed by atoms with Crippen LogP contribution >= 0.6 is 0 Å². The Balaban J connectivity index is 0.785. The lowest BCUT2D eigenvalue weighted by Gasteiger charge is -2.30. The molecule has 0 N–H and O–H groups in total. The van der Waals surface area contributed by atoms with E-state index in [0.717, 1.165) is 40.3 Å². The Kier molecular flexibility index (Phi) is 8.76. The highest BCUT2D eigenvalue weighted by molar-refractivity contribution is 6.23. The van der Waals surface area contributed by atoms with Gasteiger partial charge >= 0.3 is 0 Å². The first-order chi connectivity index (χ1) is 39.2. The first kappa shape index (κ1) is 42.9. The molecule has 0 fully saturated rings. The average Bonchev–Trinajstić information content (AvgIpc) is 4.30. The Morgan fingerprint density at radius 3 is 0.861 bits per heavy atom. The van der Waals surface area contributed by atoms with Crippen LogP contribution in [0.1, 0.15) is 11.1 Å². The quantitative estimate of drug-likeness (QED) is 0.157. The number of rotatable bonds is 7. The maximum Gasteiger partial charge on any atom is 0.0540 e. The summed E-state index contributed by atoms with van der Waals surface area (Å²) in [5.74, 6) is 0. The lowest BCUT2D eigenvalue weighted by atomic mass is 9.83. The molecular formula is C77H46N2. The molecule has 0 aliphatic heterocycles. The number of nitrogens with zero attached hydrogens (tertiary/aromatic N) is 2. The van der Waals surface area contributed by atoms with E-state index in [-0.39, 0.29) is 0 Å². The topological polar surface area (TPSA) is 6.48 Å². The first-order valence-corrected chi connectivity index (χ1v) is 27.6. The van der Waals surface area contributed by atoms with Crippen molar-refractivity contribution in [3.05, 3.63) is 278 Å². The van der Waals surface area contributed by atoms with Crippen LogP contribution in [-0.2, 0) is 6.42 Å². The van der Waals surface area contributed by atoms with Gasteiger partial charge in [-0.05, 0) is 177 Å².